The van der Waals surface area contributed by atoms with Gasteiger partial charge in [0.25, 0.3) is 5.91 Å². The number of thiophene rings is 1. The molecule has 1 aromatic heterocycles. The average Bonchev–Trinajstić information content (AvgIpc) is 2.99. The minimum Gasteiger partial charge on any atom is -0.366 e. The molecule has 21 heavy (non-hydrogen) atoms. The van der Waals surface area contributed by atoms with Gasteiger partial charge >= 0.3 is 0 Å². The van der Waals surface area contributed by atoms with Crippen LogP contribution in [0.4, 0.5) is 0 Å². The number of rotatable bonds is 6. The van der Waals surface area contributed by atoms with Crippen molar-refractivity contribution in [3.8, 4) is 0 Å². The molecule has 0 atom stereocenters. The molecule has 2 N–H and O–H groups in total. The number of carbonyl (C=O) groups is 2. The molecule has 0 spiro atoms. The van der Waals surface area contributed by atoms with Gasteiger partial charge in [-0.15, -0.1) is 17.9 Å². The third-order valence-corrected chi connectivity index (χ3v) is 3.84. The van der Waals surface area contributed by atoms with Gasteiger partial charge in [0.1, 0.15) is 0 Å². The van der Waals surface area contributed by atoms with Gasteiger partial charge in [0, 0.05) is 22.5 Å². The third-order valence-electron chi connectivity index (χ3n) is 2.98. The van der Waals surface area contributed by atoms with E-state index in [1.807, 2.05) is 17.5 Å². The molecule has 0 aliphatic heterocycles. The van der Waals surface area contributed by atoms with Crippen molar-refractivity contribution >= 4 is 23.2 Å². The van der Waals surface area contributed by atoms with Crippen LogP contribution in [0.1, 0.15) is 25.6 Å². The average molecular weight is 300 g/mol. The summed E-state index contributed by atoms with van der Waals surface area (Å²) in [4.78, 5) is 26.4. The fourth-order valence-electron chi connectivity index (χ4n) is 1.93. The fraction of sp³-hybridized carbons (Fsp3) is 0.125. The van der Waals surface area contributed by atoms with Gasteiger partial charge in [0.05, 0.1) is 6.54 Å². The van der Waals surface area contributed by atoms with Crippen LogP contribution in [0.5, 0.6) is 0 Å². The van der Waals surface area contributed by atoms with E-state index in [-0.39, 0.29) is 5.91 Å². The first kappa shape index (κ1) is 15.0. The summed E-state index contributed by atoms with van der Waals surface area (Å²) in [6.45, 7) is 4.70. The second-order valence-electron chi connectivity index (χ2n) is 4.50. The minimum atomic E-state index is -0.504. The molecule has 0 fully saturated rings. The number of amides is 2. The Labute approximate surface area is 127 Å². The highest BCUT2D eigenvalue weighted by Crippen LogP contribution is 2.15. The molecule has 1 aromatic carbocycles. The minimum absolute atomic E-state index is 0.0979. The number of hydrogen-bond donors (Lipinski definition) is 1. The van der Waals surface area contributed by atoms with Gasteiger partial charge in [-0.05, 0) is 35.7 Å². The Morgan fingerprint density at radius 3 is 2.38 bits per heavy atom. The van der Waals surface area contributed by atoms with Crippen molar-refractivity contribution in [3.05, 3.63) is 70.4 Å². The van der Waals surface area contributed by atoms with Crippen LogP contribution in [0.25, 0.3) is 0 Å². The zero-order valence-electron chi connectivity index (χ0n) is 11.5. The van der Waals surface area contributed by atoms with Crippen molar-refractivity contribution < 1.29 is 9.59 Å². The molecule has 5 heteroatoms. The molecule has 2 aromatic rings. The summed E-state index contributed by atoms with van der Waals surface area (Å²) in [5.41, 5.74) is 6.11. The SMILES string of the molecule is C=CCN(Cc1cccs1)C(=O)c1ccc(C(N)=O)cc1. The van der Waals surface area contributed by atoms with Crippen LogP contribution < -0.4 is 5.73 Å². The number of primary amides is 1. The number of nitrogens with two attached hydrogens (primary N) is 1. The Morgan fingerprint density at radius 1 is 1.19 bits per heavy atom. The Kier molecular flexibility index (Phi) is 4.90. The van der Waals surface area contributed by atoms with Crippen LogP contribution in [0.2, 0.25) is 0 Å². The molecule has 0 saturated carbocycles. The summed E-state index contributed by atoms with van der Waals surface area (Å²) in [6.07, 6.45) is 1.70. The molecule has 0 saturated heterocycles. The molecular formula is C16H16N2O2S. The van der Waals surface area contributed by atoms with Crippen molar-refractivity contribution in [1.82, 2.24) is 4.90 Å². The maximum atomic E-state index is 12.5. The van der Waals surface area contributed by atoms with Crippen LogP contribution in [0.3, 0.4) is 0 Å². The van der Waals surface area contributed by atoms with Crippen molar-refractivity contribution in [3.63, 3.8) is 0 Å². The predicted octanol–water partition coefficient (Wildman–Crippen LogP) is 2.68. The molecule has 2 rings (SSSR count). The molecule has 108 valence electrons. The Bertz CT molecular complexity index is 633. The molecular weight excluding hydrogens is 284 g/mol. The van der Waals surface area contributed by atoms with E-state index in [1.165, 1.54) is 0 Å². The van der Waals surface area contributed by atoms with E-state index in [1.54, 1.807) is 46.6 Å². The Hall–Kier alpha value is -2.40. The lowest BCUT2D eigenvalue weighted by molar-refractivity contribution is 0.0763. The standard InChI is InChI=1S/C16H16N2O2S/c1-2-9-18(11-14-4-3-10-21-14)16(20)13-7-5-12(6-8-13)15(17)19/h2-8,10H,1,9,11H2,(H2,17,19). The lowest BCUT2D eigenvalue weighted by Crippen LogP contribution is -2.30. The molecule has 0 bridgehead atoms. The summed E-state index contributed by atoms with van der Waals surface area (Å²) in [5.74, 6) is -0.602. The van der Waals surface area contributed by atoms with Gasteiger partial charge in [-0.25, -0.2) is 0 Å². The van der Waals surface area contributed by atoms with Gasteiger partial charge in [0.2, 0.25) is 5.91 Å². The van der Waals surface area contributed by atoms with Crippen molar-refractivity contribution in [1.29, 1.82) is 0 Å². The van der Waals surface area contributed by atoms with E-state index in [0.29, 0.717) is 24.2 Å². The first-order valence-electron chi connectivity index (χ1n) is 6.44. The smallest absolute Gasteiger partial charge is 0.254 e. The van der Waals surface area contributed by atoms with Crippen LogP contribution in [-0.2, 0) is 6.54 Å². The van der Waals surface area contributed by atoms with E-state index in [9.17, 15) is 9.59 Å². The monoisotopic (exact) mass is 300 g/mol. The largest absolute Gasteiger partial charge is 0.366 e. The molecule has 2 amide bonds. The second-order valence-corrected chi connectivity index (χ2v) is 5.53. The van der Waals surface area contributed by atoms with E-state index in [4.69, 9.17) is 5.73 Å². The van der Waals surface area contributed by atoms with E-state index < -0.39 is 5.91 Å². The molecule has 0 radical (unpaired) electrons. The molecule has 0 aliphatic rings. The van der Waals surface area contributed by atoms with Gasteiger partial charge in [0.15, 0.2) is 0 Å². The van der Waals surface area contributed by atoms with E-state index in [2.05, 4.69) is 6.58 Å². The molecule has 0 unspecified atom stereocenters. The van der Waals surface area contributed by atoms with Crippen LogP contribution in [0, 0.1) is 0 Å². The summed E-state index contributed by atoms with van der Waals surface area (Å²) in [7, 11) is 0. The normalized spacial score (nSPS) is 10.1. The summed E-state index contributed by atoms with van der Waals surface area (Å²) >= 11 is 1.61. The number of hydrogen-bond acceptors (Lipinski definition) is 3. The molecule has 4 nitrogen and oxygen atoms in total. The second kappa shape index (κ2) is 6.85. The van der Waals surface area contributed by atoms with Crippen molar-refractivity contribution in [2.75, 3.05) is 6.54 Å². The highest BCUT2D eigenvalue weighted by molar-refractivity contribution is 7.09. The van der Waals surface area contributed by atoms with Crippen molar-refractivity contribution in [2.45, 2.75) is 6.54 Å². The van der Waals surface area contributed by atoms with Gasteiger partial charge < -0.3 is 10.6 Å². The number of benzene rings is 1. The van der Waals surface area contributed by atoms with Gasteiger partial charge in [-0.2, -0.15) is 0 Å². The topological polar surface area (TPSA) is 63.4 Å². The lowest BCUT2D eigenvalue weighted by atomic mass is 10.1. The van der Waals surface area contributed by atoms with Crippen LogP contribution in [-0.4, -0.2) is 23.3 Å². The van der Waals surface area contributed by atoms with E-state index in [0.717, 1.165) is 4.88 Å². The highest BCUT2D eigenvalue weighted by Gasteiger charge is 2.15. The third kappa shape index (κ3) is 3.79. The van der Waals surface area contributed by atoms with Crippen LogP contribution in [0.15, 0.2) is 54.4 Å². The maximum Gasteiger partial charge on any atom is 0.254 e. The lowest BCUT2D eigenvalue weighted by Gasteiger charge is -2.20. The molecule has 0 aliphatic carbocycles. The van der Waals surface area contributed by atoms with Crippen molar-refractivity contribution in [2.24, 2.45) is 5.73 Å². The maximum absolute atomic E-state index is 12.5. The summed E-state index contributed by atoms with van der Waals surface area (Å²) in [5, 5.41) is 1.98. The quantitative estimate of drug-likeness (QED) is 0.834. The predicted molar refractivity (Wildman–Crippen MR) is 84.2 cm³/mol. The number of carbonyl (C=O) groups excluding carboxylic acids is 2. The first-order chi connectivity index (χ1) is 10.1. The van der Waals surface area contributed by atoms with Gasteiger partial charge in [-0.3, -0.25) is 9.59 Å². The Morgan fingerprint density at radius 2 is 1.86 bits per heavy atom. The number of nitrogens with zero attached hydrogens (tertiary/aromatic N) is 1. The molecule has 1 heterocycles. The highest BCUT2D eigenvalue weighted by atomic mass is 32.1. The summed E-state index contributed by atoms with van der Waals surface area (Å²) < 4.78 is 0. The Balaban J connectivity index is 2.17. The van der Waals surface area contributed by atoms with Gasteiger partial charge in [-0.1, -0.05) is 12.1 Å². The summed E-state index contributed by atoms with van der Waals surface area (Å²) in [6, 6.07) is 10.3. The van der Waals surface area contributed by atoms with E-state index >= 15 is 0 Å². The first-order valence-corrected chi connectivity index (χ1v) is 7.32. The fourth-order valence-corrected chi connectivity index (χ4v) is 2.64. The van der Waals surface area contributed by atoms with Crippen LogP contribution >= 0.6 is 11.3 Å². The zero-order chi connectivity index (χ0) is 15.2. The zero-order valence-corrected chi connectivity index (χ0v) is 12.3.